The third kappa shape index (κ3) is 1.40. The fourth-order valence-corrected chi connectivity index (χ4v) is 2.28. The maximum atomic E-state index is 2.47. The minimum atomic E-state index is 0.688. The van der Waals surface area contributed by atoms with Gasteiger partial charge in [0.1, 0.15) is 0 Å². The maximum Gasteiger partial charge on any atom is -0.00791 e. The van der Waals surface area contributed by atoms with Crippen LogP contribution < -0.4 is 0 Å². The molecule has 0 heteroatoms. The summed E-state index contributed by atoms with van der Waals surface area (Å²) < 4.78 is 0. The Labute approximate surface area is 69.0 Å². The lowest BCUT2D eigenvalue weighted by Gasteiger charge is -2.06. The van der Waals surface area contributed by atoms with Crippen LogP contribution in [0, 0.1) is 11.8 Å². The van der Waals surface area contributed by atoms with Crippen LogP contribution in [-0.4, -0.2) is 0 Å². The number of hydrogen-bond acceptors (Lipinski definition) is 0. The Morgan fingerprint density at radius 2 is 2.36 bits per heavy atom. The molecule has 2 atom stereocenters. The Balaban J connectivity index is 2.21. The Morgan fingerprint density at radius 3 is 3.27 bits per heavy atom. The fourth-order valence-electron chi connectivity index (χ4n) is 2.28. The van der Waals surface area contributed by atoms with Crippen LogP contribution in [0.3, 0.4) is 0 Å². The summed E-state index contributed by atoms with van der Waals surface area (Å²) in [5.41, 5.74) is 1.74. The summed E-state index contributed by atoms with van der Waals surface area (Å²) >= 11 is 0. The summed E-state index contributed by atoms with van der Waals surface area (Å²) in [6, 6.07) is 0. The lowest BCUT2D eigenvalue weighted by atomic mass is 9.99. The zero-order chi connectivity index (χ0) is 7.68. The first-order valence-electron chi connectivity index (χ1n) is 4.73. The van der Waals surface area contributed by atoms with Crippen molar-refractivity contribution >= 4 is 0 Å². The highest BCUT2D eigenvalue weighted by Gasteiger charge is 2.21. The van der Waals surface area contributed by atoms with E-state index in [4.69, 9.17) is 0 Å². The van der Waals surface area contributed by atoms with E-state index in [2.05, 4.69) is 25.2 Å². The Kier molecular flexibility index (Phi) is 1.85. The van der Waals surface area contributed by atoms with Gasteiger partial charge >= 0.3 is 0 Å². The maximum absolute atomic E-state index is 2.47. The third-order valence-electron chi connectivity index (χ3n) is 2.88. The van der Waals surface area contributed by atoms with Gasteiger partial charge in [-0.2, -0.15) is 0 Å². The molecule has 60 valence electrons. The average Bonchev–Trinajstić information content (AvgIpc) is 2.31. The predicted octanol–water partition coefficient (Wildman–Crippen LogP) is 3.31. The second kappa shape index (κ2) is 2.84. The largest absolute Gasteiger partial charge is 0.0874 e. The normalized spacial score (nSPS) is 36.3. The van der Waals surface area contributed by atoms with Crippen molar-refractivity contribution < 1.29 is 0 Å². The molecule has 2 aliphatic rings. The summed E-state index contributed by atoms with van der Waals surface area (Å²) in [5.74, 6) is 1.60. The highest BCUT2D eigenvalue weighted by atomic mass is 14.3. The summed E-state index contributed by atoms with van der Waals surface area (Å²) in [7, 11) is 0. The molecule has 0 spiro atoms. The second-order valence-corrected chi connectivity index (χ2v) is 3.85. The lowest BCUT2D eigenvalue weighted by molar-refractivity contribution is 0.639. The SMILES string of the molecule is CC1C=CCC2CCCC2=C1. The smallest absolute Gasteiger partial charge is 0.00791 e. The molecular weight excluding hydrogens is 132 g/mol. The van der Waals surface area contributed by atoms with Crippen LogP contribution in [-0.2, 0) is 0 Å². The summed E-state index contributed by atoms with van der Waals surface area (Å²) in [5, 5.41) is 0. The van der Waals surface area contributed by atoms with Crippen LogP contribution in [0.4, 0.5) is 0 Å². The first kappa shape index (κ1) is 7.15. The molecule has 2 unspecified atom stereocenters. The first-order chi connectivity index (χ1) is 5.36. The van der Waals surface area contributed by atoms with Crippen molar-refractivity contribution in [3.63, 3.8) is 0 Å². The molecule has 0 radical (unpaired) electrons. The molecule has 0 bridgehead atoms. The van der Waals surface area contributed by atoms with Gasteiger partial charge < -0.3 is 0 Å². The van der Waals surface area contributed by atoms with E-state index in [1.165, 1.54) is 25.7 Å². The van der Waals surface area contributed by atoms with E-state index in [-0.39, 0.29) is 0 Å². The van der Waals surface area contributed by atoms with Crippen molar-refractivity contribution in [1.82, 2.24) is 0 Å². The molecule has 0 aliphatic heterocycles. The molecular formula is C11H16. The average molecular weight is 148 g/mol. The zero-order valence-electron chi connectivity index (χ0n) is 7.22. The van der Waals surface area contributed by atoms with Gasteiger partial charge in [-0.05, 0) is 37.5 Å². The van der Waals surface area contributed by atoms with E-state index < -0.39 is 0 Å². The van der Waals surface area contributed by atoms with E-state index >= 15 is 0 Å². The van der Waals surface area contributed by atoms with Gasteiger partial charge in [-0.1, -0.05) is 30.7 Å². The monoisotopic (exact) mass is 148 g/mol. The highest BCUT2D eigenvalue weighted by molar-refractivity contribution is 5.19. The van der Waals surface area contributed by atoms with Crippen molar-refractivity contribution in [2.45, 2.75) is 32.6 Å². The Morgan fingerprint density at radius 1 is 1.45 bits per heavy atom. The molecule has 0 aromatic rings. The van der Waals surface area contributed by atoms with Crippen LogP contribution >= 0.6 is 0 Å². The van der Waals surface area contributed by atoms with Crippen molar-refractivity contribution in [3.8, 4) is 0 Å². The molecule has 2 aliphatic carbocycles. The van der Waals surface area contributed by atoms with Crippen LogP contribution in [0.15, 0.2) is 23.8 Å². The molecule has 0 nitrogen and oxygen atoms in total. The molecule has 0 saturated heterocycles. The fraction of sp³-hybridized carbons (Fsp3) is 0.636. The van der Waals surface area contributed by atoms with E-state index in [1.807, 2.05) is 0 Å². The van der Waals surface area contributed by atoms with Crippen molar-refractivity contribution in [1.29, 1.82) is 0 Å². The van der Waals surface area contributed by atoms with Gasteiger partial charge in [-0.15, -0.1) is 0 Å². The van der Waals surface area contributed by atoms with E-state index in [0.29, 0.717) is 5.92 Å². The Hall–Kier alpha value is -0.520. The first-order valence-corrected chi connectivity index (χ1v) is 4.73. The van der Waals surface area contributed by atoms with Crippen LogP contribution in [0.2, 0.25) is 0 Å². The summed E-state index contributed by atoms with van der Waals surface area (Å²) in [4.78, 5) is 0. The predicted molar refractivity (Wildman–Crippen MR) is 48.3 cm³/mol. The van der Waals surface area contributed by atoms with Crippen molar-refractivity contribution in [2.75, 3.05) is 0 Å². The number of allylic oxidation sites excluding steroid dienone is 4. The van der Waals surface area contributed by atoms with E-state index in [9.17, 15) is 0 Å². The number of rotatable bonds is 0. The quantitative estimate of drug-likeness (QED) is 0.462. The highest BCUT2D eigenvalue weighted by Crippen LogP contribution is 2.36. The van der Waals surface area contributed by atoms with Gasteiger partial charge in [0, 0.05) is 0 Å². The van der Waals surface area contributed by atoms with Crippen LogP contribution in [0.25, 0.3) is 0 Å². The molecule has 1 saturated carbocycles. The van der Waals surface area contributed by atoms with Crippen molar-refractivity contribution in [2.24, 2.45) is 11.8 Å². The molecule has 2 rings (SSSR count). The van der Waals surface area contributed by atoms with Gasteiger partial charge in [0.25, 0.3) is 0 Å². The van der Waals surface area contributed by atoms with Gasteiger partial charge in [0.05, 0.1) is 0 Å². The topological polar surface area (TPSA) is 0 Å². The second-order valence-electron chi connectivity index (χ2n) is 3.85. The molecule has 11 heavy (non-hydrogen) atoms. The van der Waals surface area contributed by atoms with Gasteiger partial charge in [0.15, 0.2) is 0 Å². The standard InChI is InChI=1S/C11H16/c1-9-4-2-5-10-6-3-7-11(10)8-9/h2,4,8-10H,3,5-7H2,1H3. The summed E-state index contributed by atoms with van der Waals surface area (Å²) in [6.45, 7) is 2.28. The molecule has 0 aromatic heterocycles. The molecule has 0 N–H and O–H groups in total. The van der Waals surface area contributed by atoms with E-state index in [0.717, 1.165) is 5.92 Å². The van der Waals surface area contributed by atoms with Crippen molar-refractivity contribution in [3.05, 3.63) is 23.8 Å². The lowest BCUT2D eigenvalue weighted by Crippen LogP contribution is -1.93. The third-order valence-corrected chi connectivity index (χ3v) is 2.88. The zero-order valence-corrected chi connectivity index (χ0v) is 7.22. The molecule has 1 fully saturated rings. The van der Waals surface area contributed by atoms with Gasteiger partial charge in [-0.3, -0.25) is 0 Å². The van der Waals surface area contributed by atoms with E-state index in [1.54, 1.807) is 5.57 Å². The molecule has 0 amide bonds. The summed E-state index contributed by atoms with van der Waals surface area (Å²) in [6.07, 6.45) is 12.7. The number of hydrogen-bond donors (Lipinski definition) is 0. The number of fused-ring (bicyclic) bond motifs is 1. The Bertz CT molecular complexity index is 198. The minimum Gasteiger partial charge on any atom is -0.0874 e. The van der Waals surface area contributed by atoms with Crippen LogP contribution in [0.1, 0.15) is 32.6 Å². The van der Waals surface area contributed by atoms with Gasteiger partial charge in [-0.25, -0.2) is 0 Å². The molecule has 0 heterocycles. The molecule has 0 aromatic carbocycles. The van der Waals surface area contributed by atoms with Crippen LogP contribution in [0.5, 0.6) is 0 Å². The van der Waals surface area contributed by atoms with Gasteiger partial charge in [0.2, 0.25) is 0 Å². The minimum absolute atomic E-state index is 0.688.